The number of aliphatic carboxylic acids is 1. The standard InChI is InChI=1S/C21H42N4O5/c1-5-7-12-25(13-8-6-2)14-10-9-11-17(20(28)22-15-18(26)27)23-21(29)19(24-30)16(3)4/h16-17,19,24,30H,5-15H2,1-4H3,(H,22,28)(H,23,29)(H,26,27)/t17-,19-/m0/s1. The second kappa shape index (κ2) is 17.0. The van der Waals surface area contributed by atoms with E-state index in [-0.39, 0.29) is 5.92 Å². The zero-order valence-electron chi connectivity index (χ0n) is 19.1. The molecule has 0 aliphatic rings. The van der Waals surface area contributed by atoms with Gasteiger partial charge in [-0.2, -0.15) is 5.48 Å². The summed E-state index contributed by atoms with van der Waals surface area (Å²) in [7, 11) is 0. The molecular formula is C21H42N4O5. The molecule has 0 aliphatic carbocycles. The highest BCUT2D eigenvalue weighted by Gasteiger charge is 2.27. The van der Waals surface area contributed by atoms with Gasteiger partial charge in [0.15, 0.2) is 0 Å². The molecule has 2 atom stereocenters. The molecule has 2 amide bonds. The van der Waals surface area contributed by atoms with E-state index in [2.05, 4.69) is 29.4 Å². The molecule has 0 bridgehead atoms. The molecule has 9 heteroatoms. The predicted octanol–water partition coefficient (Wildman–Crippen LogP) is 1.75. The van der Waals surface area contributed by atoms with Crippen LogP contribution in [0.3, 0.4) is 0 Å². The topological polar surface area (TPSA) is 131 Å². The van der Waals surface area contributed by atoms with Gasteiger partial charge < -0.3 is 25.8 Å². The summed E-state index contributed by atoms with van der Waals surface area (Å²) in [5.74, 6) is -2.34. The molecule has 0 spiro atoms. The molecule has 0 saturated heterocycles. The van der Waals surface area contributed by atoms with Gasteiger partial charge in [-0.25, -0.2) is 0 Å². The fourth-order valence-electron chi connectivity index (χ4n) is 3.11. The maximum absolute atomic E-state index is 12.4. The molecule has 0 rings (SSSR count). The molecule has 0 saturated carbocycles. The lowest BCUT2D eigenvalue weighted by atomic mass is 10.0. The smallest absolute Gasteiger partial charge is 0.322 e. The molecule has 9 nitrogen and oxygen atoms in total. The molecule has 0 heterocycles. The number of hydrogen-bond donors (Lipinski definition) is 5. The average Bonchev–Trinajstić information content (AvgIpc) is 2.69. The Hall–Kier alpha value is -1.71. The maximum Gasteiger partial charge on any atom is 0.322 e. The van der Waals surface area contributed by atoms with Gasteiger partial charge in [-0.15, -0.1) is 0 Å². The van der Waals surface area contributed by atoms with Crippen LogP contribution in [0.25, 0.3) is 0 Å². The van der Waals surface area contributed by atoms with E-state index in [1.807, 2.05) is 5.48 Å². The highest BCUT2D eigenvalue weighted by molar-refractivity contribution is 5.91. The summed E-state index contributed by atoms with van der Waals surface area (Å²) in [5.41, 5.74) is 1.97. The third kappa shape index (κ3) is 12.8. The van der Waals surface area contributed by atoms with Crippen LogP contribution in [0.2, 0.25) is 0 Å². The van der Waals surface area contributed by atoms with Gasteiger partial charge in [-0.1, -0.05) is 40.5 Å². The van der Waals surface area contributed by atoms with Gasteiger partial charge in [0.2, 0.25) is 11.8 Å². The van der Waals surface area contributed by atoms with E-state index in [1.54, 1.807) is 13.8 Å². The van der Waals surface area contributed by atoms with E-state index in [9.17, 15) is 19.6 Å². The molecule has 30 heavy (non-hydrogen) atoms. The fourth-order valence-corrected chi connectivity index (χ4v) is 3.11. The lowest BCUT2D eigenvalue weighted by Crippen LogP contribution is -2.54. The Morgan fingerprint density at radius 3 is 1.93 bits per heavy atom. The summed E-state index contributed by atoms with van der Waals surface area (Å²) in [6.07, 6.45) is 6.63. The van der Waals surface area contributed by atoms with Gasteiger partial charge in [0.25, 0.3) is 0 Å². The number of nitrogens with zero attached hydrogens (tertiary/aromatic N) is 1. The number of hydrogen-bond acceptors (Lipinski definition) is 6. The van der Waals surface area contributed by atoms with Crippen LogP contribution < -0.4 is 16.1 Å². The lowest BCUT2D eigenvalue weighted by Gasteiger charge is -2.24. The van der Waals surface area contributed by atoms with Crippen LogP contribution in [-0.4, -0.2) is 71.3 Å². The van der Waals surface area contributed by atoms with Crippen molar-refractivity contribution >= 4 is 17.8 Å². The number of carboxylic acid groups (broad SMARTS) is 1. The van der Waals surface area contributed by atoms with Crippen LogP contribution in [0.4, 0.5) is 0 Å². The second-order valence-corrected chi connectivity index (χ2v) is 8.07. The molecular weight excluding hydrogens is 388 g/mol. The first kappa shape index (κ1) is 28.3. The quantitative estimate of drug-likeness (QED) is 0.165. The SMILES string of the molecule is CCCCN(CCCC)CCCC[C@H](NC(=O)[C@@H](NO)C(C)C)C(=O)NCC(=O)O. The van der Waals surface area contributed by atoms with Crippen molar-refractivity contribution in [3.05, 3.63) is 0 Å². The van der Waals surface area contributed by atoms with Crippen LogP contribution in [0.15, 0.2) is 0 Å². The van der Waals surface area contributed by atoms with Gasteiger partial charge in [-0.3, -0.25) is 14.4 Å². The van der Waals surface area contributed by atoms with Crippen LogP contribution in [0, 0.1) is 5.92 Å². The van der Waals surface area contributed by atoms with Crippen molar-refractivity contribution in [3.63, 3.8) is 0 Å². The number of rotatable bonds is 18. The normalized spacial score (nSPS) is 13.3. The van der Waals surface area contributed by atoms with Crippen LogP contribution >= 0.6 is 0 Å². The van der Waals surface area contributed by atoms with Crippen molar-refractivity contribution in [2.24, 2.45) is 5.92 Å². The summed E-state index contributed by atoms with van der Waals surface area (Å²) in [5, 5.41) is 23.0. The van der Waals surface area contributed by atoms with Gasteiger partial charge >= 0.3 is 5.97 Å². The van der Waals surface area contributed by atoms with E-state index >= 15 is 0 Å². The molecule has 0 unspecified atom stereocenters. The van der Waals surface area contributed by atoms with Crippen LogP contribution in [-0.2, 0) is 14.4 Å². The van der Waals surface area contributed by atoms with E-state index < -0.39 is 36.4 Å². The summed E-state index contributed by atoms with van der Waals surface area (Å²) >= 11 is 0. The monoisotopic (exact) mass is 430 g/mol. The Balaban J connectivity index is 4.80. The molecule has 0 aromatic rings. The first-order valence-electron chi connectivity index (χ1n) is 11.2. The Labute approximate surface area is 180 Å². The third-order valence-corrected chi connectivity index (χ3v) is 5.01. The molecule has 0 radical (unpaired) electrons. The Morgan fingerprint density at radius 2 is 1.47 bits per heavy atom. The average molecular weight is 431 g/mol. The van der Waals surface area contributed by atoms with Crippen LogP contribution in [0.1, 0.15) is 72.6 Å². The first-order valence-corrected chi connectivity index (χ1v) is 11.2. The zero-order chi connectivity index (χ0) is 22.9. The maximum atomic E-state index is 12.4. The van der Waals surface area contributed by atoms with Crippen molar-refractivity contribution in [2.75, 3.05) is 26.2 Å². The molecule has 0 aromatic carbocycles. The van der Waals surface area contributed by atoms with Crippen molar-refractivity contribution < 1.29 is 24.7 Å². The zero-order valence-corrected chi connectivity index (χ0v) is 19.1. The summed E-state index contributed by atoms with van der Waals surface area (Å²) in [6, 6.07) is -1.69. The highest BCUT2D eigenvalue weighted by Crippen LogP contribution is 2.08. The Kier molecular flexibility index (Phi) is 16.0. The summed E-state index contributed by atoms with van der Waals surface area (Å²) in [4.78, 5) is 38.0. The van der Waals surface area contributed by atoms with Gasteiger partial charge in [0.05, 0.1) is 0 Å². The van der Waals surface area contributed by atoms with E-state index in [0.717, 1.165) is 58.2 Å². The van der Waals surface area contributed by atoms with Crippen molar-refractivity contribution in [1.29, 1.82) is 0 Å². The number of carboxylic acids is 1. The number of carbonyl (C=O) groups is 3. The number of carbonyl (C=O) groups excluding carboxylic acids is 2. The lowest BCUT2D eigenvalue weighted by molar-refractivity contribution is -0.138. The van der Waals surface area contributed by atoms with E-state index in [1.165, 1.54) is 0 Å². The molecule has 0 aliphatic heterocycles. The Bertz CT molecular complexity index is 494. The predicted molar refractivity (Wildman–Crippen MR) is 116 cm³/mol. The Morgan fingerprint density at radius 1 is 0.900 bits per heavy atom. The van der Waals surface area contributed by atoms with Crippen molar-refractivity contribution in [2.45, 2.75) is 84.7 Å². The summed E-state index contributed by atoms with van der Waals surface area (Å²) < 4.78 is 0. The van der Waals surface area contributed by atoms with Gasteiger partial charge in [0.1, 0.15) is 18.6 Å². The van der Waals surface area contributed by atoms with Gasteiger partial charge in [0, 0.05) is 0 Å². The third-order valence-electron chi connectivity index (χ3n) is 5.01. The minimum atomic E-state index is -1.15. The number of unbranched alkanes of at least 4 members (excludes halogenated alkanes) is 3. The molecule has 176 valence electrons. The van der Waals surface area contributed by atoms with Gasteiger partial charge in [-0.05, 0) is 57.7 Å². The first-order chi connectivity index (χ1) is 14.3. The minimum Gasteiger partial charge on any atom is -0.480 e. The number of amides is 2. The van der Waals surface area contributed by atoms with E-state index in [0.29, 0.717) is 6.42 Å². The molecule has 0 fully saturated rings. The number of nitrogens with one attached hydrogen (secondary N) is 3. The molecule has 5 N–H and O–H groups in total. The molecule has 0 aromatic heterocycles. The van der Waals surface area contributed by atoms with Crippen molar-refractivity contribution in [1.82, 2.24) is 21.0 Å². The van der Waals surface area contributed by atoms with E-state index in [4.69, 9.17) is 5.11 Å². The number of hydroxylamine groups is 1. The minimum absolute atomic E-state index is 0.177. The highest BCUT2D eigenvalue weighted by atomic mass is 16.5. The summed E-state index contributed by atoms with van der Waals surface area (Å²) in [6.45, 7) is 10.5. The van der Waals surface area contributed by atoms with Crippen molar-refractivity contribution in [3.8, 4) is 0 Å². The van der Waals surface area contributed by atoms with Crippen LogP contribution in [0.5, 0.6) is 0 Å². The largest absolute Gasteiger partial charge is 0.480 e. The fraction of sp³-hybridized carbons (Fsp3) is 0.857. The second-order valence-electron chi connectivity index (χ2n) is 8.07.